The van der Waals surface area contributed by atoms with Gasteiger partial charge in [0.25, 0.3) is 0 Å². The predicted octanol–water partition coefficient (Wildman–Crippen LogP) is 5.66. The average Bonchev–Trinajstić information content (AvgIpc) is 2.37. The number of benzene rings is 2. The fourth-order valence-corrected chi connectivity index (χ4v) is 2.94. The van der Waals surface area contributed by atoms with E-state index in [4.69, 9.17) is 0 Å². The molecular formula is C14H11Br2F2N. The van der Waals surface area contributed by atoms with Crippen LogP contribution in [0, 0.1) is 11.6 Å². The molecule has 2 rings (SSSR count). The predicted molar refractivity (Wildman–Crippen MR) is 80.2 cm³/mol. The molecule has 0 bridgehead atoms. The van der Waals surface area contributed by atoms with Gasteiger partial charge in [0.15, 0.2) is 11.6 Å². The van der Waals surface area contributed by atoms with Crippen LogP contribution < -0.4 is 5.32 Å². The van der Waals surface area contributed by atoms with Crippen molar-refractivity contribution in [1.29, 1.82) is 0 Å². The summed E-state index contributed by atoms with van der Waals surface area (Å²) in [6.45, 7) is 1.89. The van der Waals surface area contributed by atoms with E-state index in [1.807, 2.05) is 25.1 Å². The maximum Gasteiger partial charge on any atom is 0.159 e. The molecule has 1 nitrogen and oxygen atoms in total. The lowest BCUT2D eigenvalue weighted by Gasteiger charge is -2.18. The van der Waals surface area contributed by atoms with Crippen LogP contribution in [0.5, 0.6) is 0 Å². The van der Waals surface area contributed by atoms with Crippen molar-refractivity contribution in [3.05, 3.63) is 62.5 Å². The zero-order chi connectivity index (χ0) is 14.0. The molecule has 1 unspecified atom stereocenters. The summed E-state index contributed by atoms with van der Waals surface area (Å²) in [6, 6.07) is 9.49. The van der Waals surface area contributed by atoms with E-state index in [9.17, 15) is 8.78 Å². The minimum absolute atomic E-state index is 0.148. The number of hydrogen-bond donors (Lipinski definition) is 1. The zero-order valence-electron chi connectivity index (χ0n) is 10.1. The monoisotopic (exact) mass is 389 g/mol. The number of hydrogen-bond acceptors (Lipinski definition) is 1. The Kier molecular flexibility index (Phi) is 4.58. The summed E-state index contributed by atoms with van der Waals surface area (Å²) >= 11 is 6.90. The normalized spacial score (nSPS) is 12.3. The maximum atomic E-state index is 13.2. The second kappa shape index (κ2) is 6.01. The van der Waals surface area contributed by atoms with E-state index < -0.39 is 11.6 Å². The molecule has 0 amide bonds. The molecular weight excluding hydrogens is 380 g/mol. The summed E-state index contributed by atoms with van der Waals surface area (Å²) in [6.07, 6.45) is 0. The van der Waals surface area contributed by atoms with Gasteiger partial charge in [-0.2, -0.15) is 0 Å². The molecule has 2 aromatic carbocycles. The molecule has 100 valence electrons. The molecule has 1 atom stereocenters. The highest BCUT2D eigenvalue weighted by Crippen LogP contribution is 2.33. The lowest BCUT2D eigenvalue weighted by atomic mass is 10.1. The fraction of sp³-hybridized carbons (Fsp3) is 0.143. The first-order valence-corrected chi connectivity index (χ1v) is 7.23. The molecule has 0 saturated carbocycles. The highest BCUT2D eigenvalue weighted by atomic mass is 79.9. The Labute approximate surface area is 127 Å². The van der Waals surface area contributed by atoms with E-state index in [1.165, 1.54) is 6.07 Å². The van der Waals surface area contributed by atoms with Gasteiger partial charge in [-0.1, -0.05) is 12.1 Å². The van der Waals surface area contributed by atoms with E-state index in [0.29, 0.717) is 5.56 Å². The molecule has 0 spiro atoms. The maximum absolute atomic E-state index is 13.2. The molecule has 0 aliphatic heterocycles. The van der Waals surface area contributed by atoms with Crippen molar-refractivity contribution in [2.45, 2.75) is 13.0 Å². The Balaban J connectivity index is 2.25. The summed E-state index contributed by atoms with van der Waals surface area (Å²) in [5.41, 5.74) is 1.56. The highest BCUT2D eigenvalue weighted by molar-refractivity contribution is 9.11. The topological polar surface area (TPSA) is 12.0 Å². The van der Waals surface area contributed by atoms with Crippen LogP contribution in [0.4, 0.5) is 14.5 Å². The van der Waals surface area contributed by atoms with Gasteiger partial charge >= 0.3 is 0 Å². The Morgan fingerprint density at radius 2 is 1.63 bits per heavy atom. The molecule has 5 heteroatoms. The van der Waals surface area contributed by atoms with E-state index in [2.05, 4.69) is 37.2 Å². The average molecular weight is 391 g/mol. The Morgan fingerprint density at radius 1 is 1.00 bits per heavy atom. The SMILES string of the molecule is CC(Nc1c(Br)cccc1Br)c1ccc(F)c(F)c1. The van der Waals surface area contributed by atoms with E-state index in [1.54, 1.807) is 6.07 Å². The quantitative estimate of drug-likeness (QED) is 0.712. The van der Waals surface area contributed by atoms with Crippen LogP contribution in [0.2, 0.25) is 0 Å². The molecule has 1 N–H and O–H groups in total. The number of anilines is 1. The standard InChI is InChI=1S/C14H11Br2F2N/c1-8(9-5-6-12(17)13(18)7-9)19-14-10(15)3-2-4-11(14)16/h2-8,19H,1H3. The van der Waals surface area contributed by atoms with E-state index in [0.717, 1.165) is 20.7 Å². The van der Waals surface area contributed by atoms with Crippen LogP contribution in [0.1, 0.15) is 18.5 Å². The first kappa shape index (κ1) is 14.5. The highest BCUT2D eigenvalue weighted by Gasteiger charge is 2.12. The second-order valence-electron chi connectivity index (χ2n) is 4.14. The van der Waals surface area contributed by atoms with Crippen LogP contribution in [0.3, 0.4) is 0 Å². The first-order chi connectivity index (χ1) is 8.99. The molecule has 0 aliphatic carbocycles. The summed E-state index contributed by atoms with van der Waals surface area (Å²) < 4.78 is 27.9. The Bertz CT molecular complexity index is 582. The van der Waals surface area contributed by atoms with Gasteiger partial charge in [-0.3, -0.25) is 0 Å². The van der Waals surface area contributed by atoms with Crippen molar-refractivity contribution >= 4 is 37.5 Å². The fourth-order valence-electron chi connectivity index (χ4n) is 1.72. The van der Waals surface area contributed by atoms with E-state index in [-0.39, 0.29) is 6.04 Å². The van der Waals surface area contributed by atoms with Crippen molar-refractivity contribution in [1.82, 2.24) is 0 Å². The van der Waals surface area contributed by atoms with Crippen LogP contribution in [0.15, 0.2) is 45.3 Å². The second-order valence-corrected chi connectivity index (χ2v) is 5.84. The molecule has 19 heavy (non-hydrogen) atoms. The van der Waals surface area contributed by atoms with Crippen molar-refractivity contribution in [3.8, 4) is 0 Å². The smallest absolute Gasteiger partial charge is 0.159 e. The Hall–Kier alpha value is -0.940. The van der Waals surface area contributed by atoms with Crippen LogP contribution >= 0.6 is 31.9 Å². The zero-order valence-corrected chi connectivity index (χ0v) is 13.2. The molecule has 0 saturated heterocycles. The molecule has 0 radical (unpaired) electrons. The van der Waals surface area contributed by atoms with Crippen molar-refractivity contribution in [2.24, 2.45) is 0 Å². The first-order valence-electron chi connectivity index (χ1n) is 5.64. The third-order valence-electron chi connectivity index (χ3n) is 2.77. The number of para-hydroxylation sites is 1. The Morgan fingerprint density at radius 3 is 2.21 bits per heavy atom. The van der Waals surface area contributed by atoms with Gasteiger partial charge in [-0.15, -0.1) is 0 Å². The molecule has 2 aromatic rings. The molecule has 0 aromatic heterocycles. The molecule has 0 heterocycles. The van der Waals surface area contributed by atoms with Crippen molar-refractivity contribution < 1.29 is 8.78 Å². The molecule has 0 fully saturated rings. The summed E-state index contributed by atoms with van der Waals surface area (Å²) in [5, 5.41) is 3.26. The van der Waals surface area contributed by atoms with Crippen molar-refractivity contribution in [3.63, 3.8) is 0 Å². The van der Waals surface area contributed by atoms with Crippen molar-refractivity contribution in [2.75, 3.05) is 5.32 Å². The van der Waals surface area contributed by atoms with Gasteiger partial charge in [0.05, 0.1) is 5.69 Å². The third kappa shape index (κ3) is 3.34. The van der Waals surface area contributed by atoms with Crippen LogP contribution in [-0.2, 0) is 0 Å². The minimum Gasteiger partial charge on any atom is -0.377 e. The van der Waals surface area contributed by atoms with Gasteiger partial charge in [0, 0.05) is 15.0 Å². The lowest BCUT2D eigenvalue weighted by Crippen LogP contribution is -2.08. The summed E-state index contributed by atoms with van der Waals surface area (Å²) in [5.74, 6) is -1.67. The molecule has 0 aliphatic rings. The third-order valence-corrected chi connectivity index (χ3v) is 4.09. The van der Waals surface area contributed by atoms with E-state index >= 15 is 0 Å². The largest absolute Gasteiger partial charge is 0.377 e. The van der Waals surface area contributed by atoms with Crippen LogP contribution in [0.25, 0.3) is 0 Å². The summed E-state index contributed by atoms with van der Waals surface area (Å²) in [4.78, 5) is 0. The van der Waals surface area contributed by atoms with Gasteiger partial charge in [0.2, 0.25) is 0 Å². The number of rotatable bonds is 3. The van der Waals surface area contributed by atoms with Gasteiger partial charge in [-0.05, 0) is 68.6 Å². The van der Waals surface area contributed by atoms with Gasteiger partial charge in [-0.25, -0.2) is 8.78 Å². The van der Waals surface area contributed by atoms with Gasteiger partial charge in [0.1, 0.15) is 0 Å². The number of nitrogens with one attached hydrogen (secondary N) is 1. The summed E-state index contributed by atoms with van der Waals surface area (Å²) in [7, 11) is 0. The number of halogens is 4. The lowest BCUT2D eigenvalue weighted by molar-refractivity contribution is 0.506. The van der Waals surface area contributed by atoms with Gasteiger partial charge < -0.3 is 5.32 Å². The minimum atomic E-state index is -0.836. The van der Waals surface area contributed by atoms with Crippen LogP contribution in [-0.4, -0.2) is 0 Å².